The Morgan fingerprint density at radius 2 is 1.75 bits per heavy atom. The summed E-state index contributed by atoms with van der Waals surface area (Å²) in [6.45, 7) is 17.7. The van der Waals surface area contributed by atoms with E-state index >= 15 is 0 Å². The van der Waals surface area contributed by atoms with Crippen molar-refractivity contribution >= 4 is 5.96 Å². The zero-order chi connectivity index (χ0) is 20.5. The van der Waals surface area contributed by atoms with E-state index in [1.165, 1.54) is 6.42 Å². The molecule has 1 atom stereocenters. The molecule has 0 saturated carbocycles. The molecule has 0 radical (unpaired) electrons. The van der Waals surface area contributed by atoms with Gasteiger partial charge in [0.05, 0.1) is 39.6 Å². The Hall–Kier alpha value is -0.890. The lowest BCUT2D eigenvalue weighted by Gasteiger charge is -2.34. The van der Waals surface area contributed by atoms with E-state index in [2.05, 4.69) is 43.2 Å². The second kappa shape index (κ2) is 17.0. The molecule has 0 aromatic rings. The van der Waals surface area contributed by atoms with Crippen LogP contribution in [0.25, 0.3) is 0 Å². The number of aliphatic imine (C=N–C) groups is 1. The van der Waals surface area contributed by atoms with Gasteiger partial charge in [0, 0.05) is 38.8 Å². The third kappa shape index (κ3) is 12.5. The van der Waals surface area contributed by atoms with Gasteiger partial charge < -0.3 is 24.8 Å². The molecule has 0 aliphatic carbocycles. The Bertz CT molecular complexity index is 388. The number of morpholine rings is 1. The van der Waals surface area contributed by atoms with Crippen molar-refractivity contribution in [3.05, 3.63) is 0 Å². The molecule has 2 N–H and O–H groups in total. The highest BCUT2D eigenvalue weighted by Crippen LogP contribution is 2.14. The van der Waals surface area contributed by atoms with E-state index in [1.807, 2.05) is 0 Å². The minimum atomic E-state index is 0.468. The first-order valence-corrected chi connectivity index (χ1v) is 11.2. The van der Waals surface area contributed by atoms with Crippen LogP contribution in [0, 0.1) is 5.92 Å². The van der Waals surface area contributed by atoms with Gasteiger partial charge in [-0.05, 0) is 25.7 Å². The second-order valence-corrected chi connectivity index (χ2v) is 7.66. The van der Waals surface area contributed by atoms with E-state index in [9.17, 15) is 0 Å². The van der Waals surface area contributed by atoms with Crippen molar-refractivity contribution in [2.24, 2.45) is 10.9 Å². The molecule has 0 amide bonds. The fourth-order valence-electron chi connectivity index (χ4n) is 3.17. The summed E-state index contributed by atoms with van der Waals surface area (Å²) >= 11 is 0. The fraction of sp³-hybridized carbons (Fsp3) is 0.952. The van der Waals surface area contributed by atoms with Gasteiger partial charge in [0.1, 0.15) is 0 Å². The largest absolute Gasteiger partial charge is 0.379 e. The smallest absolute Gasteiger partial charge is 0.191 e. The van der Waals surface area contributed by atoms with Gasteiger partial charge in [-0.2, -0.15) is 0 Å². The van der Waals surface area contributed by atoms with E-state index in [4.69, 9.17) is 19.2 Å². The molecule has 1 saturated heterocycles. The SMILES string of the molecule is CCCCOCCOCCNC(=NCC(CC(C)C)N1CCOCC1)NCC. The molecular weight excluding hydrogens is 356 g/mol. The average molecular weight is 401 g/mol. The van der Waals surface area contributed by atoms with Gasteiger partial charge in [0.15, 0.2) is 5.96 Å². The highest BCUT2D eigenvalue weighted by molar-refractivity contribution is 5.79. The number of guanidine groups is 1. The van der Waals surface area contributed by atoms with Gasteiger partial charge in [0.25, 0.3) is 0 Å². The Morgan fingerprint density at radius 3 is 2.39 bits per heavy atom. The molecule has 0 aromatic carbocycles. The Morgan fingerprint density at radius 1 is 1.04 bits per heavy atom. The first-order valence-electron chi connectivity index (χ1n) is 11.2. The van der Waals surface area contributed by atoms with Gasteiger partial charge in [-0.1, -0.05) is 27.2 Å². The molecule has 1 rings (SSSR count). The molecule has 1 aliphatic heterocycles. The van der Waals surface area contributed by atoms with Crippen LogP contribution in [0.1, 0.15) is 47.0 Å². The second-order valence-electron chi connectivity index (χ2n) is 7.66. The van der Waals surface area contributed by atoms with E-state index in [0.29, 0.717) is 31.8 Å². The van der Waals surface area contributed by atoms with Crippen LogP contribution in [-0.4, -0.2) is 89.3 Å². The maximum Gasteiger partial charge on any atom is 0.191 e. The quantitative estimate of drug-likeness (QED) is 0.249. The van der Waals surface area contributed by atoms with Crippen LogP contribution >= 0.6 is 0 Å². The van der Waals surface area contributed by atoms with Crippen LogP contribution in [0.2, 0.25) is 0 Å². The van der Waals surface area contributed by atoms with Gasteiger partial charge in [-0.15, -0.1) is 0 Å². The number of unbranched alkanes of at least 4 members (excludes halogenated alkanes) is 1. The lowest BCUT2D eigenvalue weighted by Crippen LogP contribution is -2.46. The Balaban J connectivity index is 2.33. The van der Waals surface area contributed by atoms with Crippen LogP contribution in [0.3, 0.4) is 0 Å². The summed E-state index contributed by atoms with van der Waals surface area (Å²) in [5.74, 6) is 1.53. The van der Waals surface area contributed by atoms with E-state index in [1.54, 1.807) is 0 Å². The molecule has 0 aromatic heterocycles. The Labute approximate surface area is 172 Å². The molecule has 0 spiro atoms. The number of ether oxygens (including phenoxy) is 3. The van der Waals surface area contributed by atoms with E-state index in [0.717, 1.165) is 71.3 Å². The molecule has 166 valence electrons. The minimum Gasteiger partial charge on any atom is -0.379 e. The number of nitrogens with zero attached hydrogens (tertiary/aromatic N) is 2. The zero-order valence-electron chi connectivity index (χ0n) is 18.7. The first kappa shape index (κ1) is 25.1. The van der Waals surface area contributed by atoms with Gasteiger partial charge in [0.2, 0.25) is 0 Å². The van der Waals surface area contributed by atoms with E-state index in [-0.39, 0.29) is 0 Å². The maximum absolute atomic E-state index is 5.62. The lowest BCUT2D eigenvalue weighted by molar-refractivity contribution is 0.0143. The Kier molecular flexibility index (Phi) is 15.3. The van der Waals surface area contributed by atoms with Crippen molar-refractivity contribution < 1.29 is 14.2 Å². The van der Waals surface area contributed by atoms with Crippen molar-refractivity contribution in [2.45, 2.75) is 53.0 Å². The third-order valence-electron chi connectivity index (χ3n) is 4.66. The lowest BCUT2D eigenvalue weighted by atomic mass is 10.0. The van der Waals surface area contributed by atoms with Gasteiger partial charge >= 0.3 is 0 Å². The summed E-state index contributed by atoms with van der Waals surface area (Å²) in [5.41, 5.74) is 0. The number of hydrogen-bond donors (Lipinski definition) is 2. The minimum absolute atomic E-state index is 0.468. The topological polar surface area (TPSA) is 67.4 Å². The normalized spacial score (nSPS) is 17.1. The predicted molar refractivity (Wildman–Crippen MR) is 116 cm³/mol. The van der Waals surface area contributed by atoms with Crippen molar-refractivity contribution in [2.75, 3.05) is 72.4 Å². The predicted octanol–water partition coefficient (Wildman–Crippen LogP) is 2.12. The van der Waals surface area contributed by atoms with Crippen LogP contribution in [0.4, 0.5) is 0 Å². The fourth-order valence-corrected chi connectivity index (χ4v) is 3.17. The van der Waals surface area contributed by atoms with E-state index < -0.39 is 0 Å². The van der Waals surface area contributed by atoms with Crippen molar-refractivity contribution in [1.82, 2.24) is 15.5 Å². The summed E-state index contributed by atoms with van der Waals surface area (Å²) in [7, 11) is 0. The summed E-state index contributed by atoms with van der Waals surface area (Å²) in [5, 5.41) is 6.71. The highest BCUT2D eigenvalue weighted by atomic mass is 16.5. The summed E-state index contributed by atoms with van der Waals surface area (Å²) < 4.78 is 16.6. The molecule has 1 fully saturated rings. The van der Waals surface area contributed by atoms with Crippen LogP contribution in [-0.2, 0) is 14.2 Å². The van der Waals surface area contributed by atoms with Crippen molar-refractivity contribution in [3.8, 4) is 0 Å². The molecule has 1 aliphatic rings. The van der Waals surface area contributed by atoms with Crippen LogP contribution in [0.15, 0.2) is 4.99 Å². The monoisotopic (exact) mass is 400 g/mol. The number of hydrogen-bond acceptors (Lipinski definition) is 5. The molecular formula is C21H44N4O3. The number of nitrogens with one attached hydrogen (secondary N) is 2. The summed E-state index contributed by atoms with van der Waals surface area (Å²) in [6, 6.07) is 0.468. The summed E-state index contributed by atoms with van der Waals surface area (Å²) in [4.78, 5) is 7.37. The zero-order valence-corrected chi connectivity index (χ0v) is 18.7. The average Bonchev–Trinajstić information content (AvgIpc) is 2.70. The number of rotatable bonds is 15. The third-order valence-corrected chi connectivity index (χ3v) is 4.66. The molecule has 7 heteroatoms. The van der Waals surface area contributed by atoms with Crippen LogP contribution < -0.4 is 10.6 Å². The van der Waals surface area contributed by atoms with Crippen molar-refractivity contribution in [1.29, 1.82) is 0 Å². The first-order chi connectivity index (χ1) is 13.7. The van der Waals surface area contributed by atoms with Gasteiger partial charge in [-0.3, -0.25) is 9.89 Å². The molecule has 0 bridgehead atoms. The summed E-state index contributed by atoms with van der Waals surface area (Å²) in [6.07, 6.45) is 3.44. The highest BCUT2D eigenvalue weighted by Gasteiger charge is 2.21. The molecule has 28 heavy (non-hydrogen) atoms. The standard InChI is InChI=1S/C21H44N4O3/c1-5-7-11-26-15-16-27-12-8-23-21(22-6-2)24-18-20(17-19(3)4)25-9-13-28-14-10-25/h19-20H,5-18H2,1-4H3,(H2,22,23,24). The van der Waals surface area contributed by atoms with Gasteiger partial charge in [-0.25, -0.2) is 0 Å². The maximum atomic E-state index is 5.62. The molecule has 1 unspecified atom stereocenters. The van der Waals surface area contributed by atoms with Crippen LogP contribution in [0.5, 0.6) is 0 Å². The molecule has 1 heterocycles. The molecule has 7 nitrogen and oxygen atoms in total. The van der Waals surface area contributed by atoms with Crippen molar-refractivity contribution in [3.63, 3.8) is 0 Å².